The Kier molecular flexibility index (Phi) is 5.15. The highest BCUT2D eigenvalue weighted by Crippen LogP contribution is 2.18. The van der Waals surface area contributed by atoms with Gasteiger partial charge in [-0.25, -0.2) is 0 Å². The number of nitrogens with two attached hydrogens (primary N) is 1. The number of amides is 1. The number of benzene rings is 1. The molecular weight excluding hydrogens is 266 g/mol. The predicted octanol–water partition coefficient (Wildman–Crippen LogP) is 3.10. The molecule has 0 radical (unpaired) electrons. The summed E-state index contributed by atoms with van der Waals surface area (Å²) < 4.78 is 5.56. The van der Waals surface area contributed by atoms with Crippen LogP contribution in [0.3, 0.4) is 0 Å². The molecular formula is C16H19N3O2. The monoisotopic (exact) mass is 285 g/mol. The van der Waals surface area contributed by atoms with Crippen LogP contribution < -0.4 is 15.8 Å². The molecule has 0 fully saturated rings. The van der Waals surface area contributed by atoms with Crippen LogP contribution in [-0.2, 0) is 0 Å². The third kappa shape index (κ3) is 4.21. The molecule has 21 heavy (non-hydrogen) atoms. The van der Waals surface area contributed by atoms with E-state index in [2.05, 4.69) is 17.2 Å². The van der Waals surface area contributed by atoms with Crippen LogP contribution in [0.25, 0.3) is 0 Å². The second-order valence-corrected chi connectivity index (χ2v) is 4.64. The van der Waals surface area contributed by atoms with Gasteiger partial charge in [-0.1, -0.05) is 13.3 Å². The summed E-state index contributed by atoms with van der Waals surface area (Å²) in [5.74, 6) is 0.552. The van der Waals surface area contributed by atoms with Gasteiger partial charge in [0.05, 0.1) is 24.2 Å². The molecule has 0 atom stereocenters. The molecule has 5 heteroatoms. The normalized spacial score (nSPS) is 10.1. The second kappa shape index (κ2) is 7.28. The Balaban J connectivity index is 1.98. The first kappa shape index (κ1) is 14.8. The summed E-state index contributed by atoms with van der Waals surface area (Å²) in [5, 5.41) is 2.75. The van der Waals surface area contributed by atoms with Crippen LogP contribution in [0, 0.1) is 0 Å². The Labute approximate surface area is 124 Å². The smallest absolute Gasteiger partial charge is 0.255 e. The maximum Gasteiger partial charge on any atom is 0.255 e. The van der Waals surface area contributed by atoms with E-state index < -0.39 is 0 Å². The number of hydrogen-bond donors (Lipinski definition) is 2. The van der Waals surface area contributed by atoms with Crippen LogP contribution in [0.5, 0.6) is 5.75 Å². The van der Waals surface area contributed by atoms with Crippen LogP contribution in [0.1, 0.15) is 30.1 Å². The number of hydrogen-bond acceptors (Lipinski definition) is 4. The average molecular weight is 285 g/mol. The van der Waals surface area contributed by atoms with Gasteiger partial charge >= 0.3 is 0 Å². The summed E-state index contributed by atoms with van der Waals surface area (Å²) in [6.45, 7) is 2.80. The Morgan fingerprint density at radius 2 is 2.05 bits per heavy atom. The van der Waals surface area contributed by atoms with Crippen molar-refractivity contribution in [2.45, 2.75) is 19.8 Å². The summed E-state index contributed by atoms with van der Waals surface area (Å²) in [4.78, 5) is 16.0. The van der Waals surface area contributed by atoms with E-state index in [1.807, 2.05) is 0 Å². The summed E-state index contributed by atoms with van der Waals surface area (Å²) >= 11 is 0. The molecule has 0 unspecified atom stereocenters. The van der Waals surface area contributed by atoms with E-state index >= 15 is 0 Å². The van der Waals surface area contributed by atoms with Gasteiger partial charge in [-0.15, -0.1) is 0 Å². The average Bonchev–Trinajstić information content (AvgIpc) is 2.50. The number of ether oxygens (including phenoxy) is 1. The minimum atomic E-state index is -0.215. The summed E-state index contributed by atoms with van der Waals surface area (Å²) in [6, 6.07) is 8.71. The van der Waals surface area contributed by atoms with Crippen LogP contribution in [0.4, 0.5) is 11.4 Å². The van der Waals surface area contributed by atoms with Crippen molar-refractivity contribution in [2.24, 2.45) is 0 Å². The highest BCUT2D eigenvalue weighted by atomic mass is 16.5. The maximum atomic E-state index is 12.1. The lowest BCUT2D eigenvalue weighted by molar-refractivity contribution is 0.102. The van der Waals surface area contributed by atoms with Gasteiger partial charge in [0.15, 0.2) is 0 Å². The van der Waals surface area contributed by atoms with Crippen molar-refractivity contribution < 1.29 is 9.53 Å². The van der Waals surface area contributed by atoms with Gasteiger partial charge < -0.3 is 15.8 Å². The quantitative estimate of drug-likeness (QED) is 0.799. The first-order chi connectivity index (χ1) is 10.2. The molecule has 1 amide bonds. The molecule has 1 aromatic carbocycles. The maximum absolute atomic E-state index is 12.1. The van der Waals surface area contributed by atoms with Crippen LogP contribution in [-0.4, -0.2) is 17.5 Å². The van der Waals surface area contributed by atoms with Gasteiger partial charge in [0.25, 0.3) is 5.91 Å². The molecule has 0 spiro atoms. The largest absolute Gasteiger partial charge is 0.494 e. The van der Waals surface area contributed by atoms with Gasteiger partial charge in [-0.3, -0.25) is 9.78 Å². The molecule has 0 aliphatic carbocycles. The number of aromatic nitrogens is 1. The van der Waals surface area contributed by atoms with Crippen LogP contribution in [0.15, 0.2) is 42.7 Å². The third-order valence-corrected chi connectivity index (χ3v) is 2.98. The molecule has 1 aromatic heterocycles. The van der Waals surface area contributed by atoms with Crippen molar-refractivity contribution in [3.8, 4) is 5.75 Å². The Bertz CT molecular complexity index is 597. The van der Waals surface area contributed by atoms with Gasteiger partial charge in [0.1, 0.15) is 5.75 Å². The van der Waals surface area contributed by atoms with Crippen molar-refractivity contribution in [3.63, 3.8) is 0 Å². The fourth-order valence-corrected chi connectivity index (χ4v) is 1.75. The summed E-state index contributed by atoms with van der Waals surface area (Å²) in [7, 11) is 0. The van der Waals surface area contributed by atoms with E-state index in [1.54, 1.807) is 36.5 Å². The van der Waals surface area contributed by atoms with Gasteiger partial charge in [0.2, 0.25) is 0 Å². The number of anilines is 2. The molecule has 0 saturated carbocycles. The van der Waals surface area contributed by atoms with Gasteiger partial charge in [-0.2, -0.15) is 0 Å². The molecule has 2 aromatic rings. The zero-order chi connectivity index (χ0) is 15.1. The Morgan fingerprint density at radius 1 is 1.29 bits per heavy atom. The van der Waals surface area contributed by atoms with Crippen molar-refractivity contribution in [1.29, 1.82) is 0 Å². The first-order valence-corrected chi connectivity index (χ1v) is 6.94. The minimum Gasteiger partial charge on any atom is -0.494 e. The van der Waals surface area contributed by atoms with E-state index in [0.29, 0.717) is 23.5 Å². The van der Waals surface area contributed by atoms with E-state index in [1.165, 1.54) is 6.20 Å². The molecule has 1 heterocycles. The summed E-state index contributed by atoms with van der Waals surface area (Å²) in [6.07, 6.45) is 5.19. The molecule has 2 rings (SSSR count). The molecule has 0 aliphatic rings. The van der Waals surface area contributed by atoms with Crippen molar-refractivity contribution >= 4 is 17.3 Å². The lowest BCUT2D eigenvalue weighted by Gasteiger charge is -2.08. The molecule has 3 N–H and O–H groups in total. The molecule has 0 aliphatic heterocycles. The zero-order valence-electron chi connectivity index (χ0n) is 12.0. The van der Waals surface area contributed by atoms with E-state index in [4.69, 9.17) is 10.5 Å². The van der Waals surface area contributed by atoms with Gasteiger partial charge in [-0.05, 0) is 36.8 Å². The highest BCUT2D eigenvalue weighted by Gasteiger charge is 2.08. The number of carbonyl (C=O) groups is 1. The third-order valence-electron chi connectivity index (χ3n) is 2.98. The first-order valence-electron chi connectivity index (χ1n) is 6.94. The number of rotatable bonds is 6. The van der Waals surface area contributed by atoms with E-state index in [9.17, 15) is 4.79 Å². The lowest BCUT2D eigenvalue weighted by Crippen LogP contribution is -2.13. The number of pyridine rings is 1. The SMILES string of the molecule is CCCCOc1ccc(C(=O)Nc2ccncc2N)cc1. The minimum absolute atomic E-state index is 0.215. The molecule has 0 saturated heterocycles. The van der Waals surface area contributed by atoms with Crippen LogP contribution >= 0.6 is 0 Å². The van der Waals surface area contributed by atoms with E-state index in [0.717, 1.165) is 18.6 Å². The standard InChI is InChI=1S/C16H19N3O2/c1-2-3-10-21-13-6-4-12(5-7-13)16(20)19-15-8-9-18-11-14(15)17/h4-9,11H,2-3,10,17H2,1H3,(H,18,19,20). The van der Waals surface area contributed by atoms with Crippen molar-refractivity contribution in [3.05, 3.63) is 48.3 Å². The Morgan fingerprint density at radius 3 is 2.71 bits per heavy atom. The number of nitrogens with one attached hydrogen (secondary N) is 1. The number of nitrogens with zero attached hydrogens (tertiary/aromatic N) is 1. The fourth-order valence-electron chi connectivity index (χ4n) is 1.75. The van der Waals surface area contributed by atoms with E-state index in [-0.39, 0.29) is 5.91 Å². The molecule has 5 nitrogen and oxygen atoms in total. The van der Waals surface area contributed by atoms with Crippen molar-refractivity contribution in [2.75, 3.05) is 17.7 Å². The topological polar surface area (TPSA) is 77.2 Å². The fraction of sp³-hybridized carbons (Fsp3) is 0.250. The summed E-state index contributed by atoms with van der Waals surface area (Å²) in [5.41, 5.74) is 7.28. The number of nitrogen functional groups attached to an aromatic ring is 1. The highest BCUT2D eigenvalue weighted by molar-refractivity contribution is 6.05. The molecule has 0 bridgehead atoms. The number of carbonyl (C=O) groups excluding carboxylic acids is 1. The van der Waals surface area contributed by atoms with Crippen LogP contribution in [0.2, 0.25) is 0 Å². The Hall–Kier alpha value is -2.56. The van der Waals surface area contributed by atoms with Crippen molar-refractivity contribution in [1.82, 2.24) is 4.98 Å². The zero-order valence-corrected chi connectivity index (χ0v) is 12.0. The number of unbranched alkanes of at least 4 members (excludes halogenated alkanes) is 1. The second-order valence-electron chi connectivity index (χ2n) is 4.64. The van der Waals surface area contributed by atoms with Gasteiger partial charge in [0, 0.05) is 11.8 Å². The molecule has 110 valence electrons. The lowest BCUT2D eigenvalue weighted by atomic mass is 10.2. The predicted molar refractivity (Wildman–Crippen MR) is 83.4 cm³/mol.